The van der Waals surface area contributed by atoms with E-state index in [9.17, 15) is 9.59 Å². The zero-order chi connectivity index (χ0) is 20.6. The van der Waals surface area contributed by atoms with Crippen LogP contribution in [-0.2, 0) is 4.74 Å². The summed E-state index contributed by atoms with van der Waals surface area (Å²) < 4.78 is 4.95. The highest BCUT2D eigenvalue weighted by Gasteiger charge is 2.28. The minimum Gasteiger partial charge on any atom is -0.465 e. The molecule has 27 heavy (non-hydrogen) atoms. The molecule has 0 saturated carbocycles. The lowest BCUT2D eigenvalue weighted by Crippen LogP contribution is -2.36. The van der Waals surface area contributed by atoms with Gasteiger partial charge in [-0.3, -0.25) is 4.79 Å². The van der Waals surface area contributed by atoms with E-state index < -0.39 is 5.97 Å². The van der Waals surface area contributed by atoms with Crippen molar-refractivity contribution in [3.63, 3.8) is 0 Å². The van der Waals surface area contributed by atoms with Crippen LogP contribution in [0, 0.1) is 6.92 Å². The molecule has 1 amide bonds. The maximum absolute atomic E-state index is 12.8. The molecule has 8 heteroatoms. The minimum atomic E-state index is -0.467. The standard InChI is InChI=1S/C19H31N3O3S2/c1-7-11-22(12-8-2)19(26)20-16-14(18(24)25-6)13(5)15(27-16)17(23)21(9-3)10-4/h7-12H2,1-6H3,(H,20,26). The highest BCUT2D eigenvalue weighted by atomic mass is 32.1. The molecule has 1 heterocycles. The first-order chi connectivity index (χ1) is 12.9. The van der Waals surface area contributed by atoms with Gasteiger partial charge in [0.2, 0.25) is 0 Å². The van der Waals surface area contributed by atoms with E-state index in [4.69, 9.17) is 17.0 Å². The maximum Gasteiger partial charge on any atom is 0.341 e. The van der Waals surface area contributed by atoms with E-state index in [0.29, 0.717) is 39.2 Å². The van der Waals surface area contributed by atoms with Crippen molar-refractivity contribution in [2.45, 2.75) is 47.5 Å². The number of nitrogens with one attached hydrogen (secondary N) is 1. The monoisotopic (exact) mass is 413 g/mol. The van der Waals surface area contributed by atoms with Crippen molar-refractivity contribution in [3.8, 4) is 0 Å². The van der Waals surface area contributed by atoms with E-state index in [1.54, 1.807) is 11.8 Å². The molecule has 0 unspecified atom stereocenters. The summed E-state index contributed by atoms with van der Waals surface area (Å²) in [5.41, 5.74) is 1.01. The van der Waals surface area contributed by atoms with Gasteiger partial charge in [-0.05, 0) is 51.4 Å². The zero-order valence-corrected chi connectivity index (χ0v) is 18.8. The summed E-state index contributed by atoms with van der Waals surface area (Å²) in [5, 5.41) is 4.32. The lowest BCUT2D eigenvalue weighted by atomic mass is 10.1. The molecule has 6 nitrogen and oxygen atoms in total. The van der Waals surface area contributed by atoms with Crippen LogP contribution >= 0.6 is 23.6 Å². The number of thiocarbonyl (C=S) groups is 1. The van der Waals surface area contributed by atoms with Gasteiger partial charge < -0.3 is 19.9 Å². The second kappa shape index (κ2) is 11.2. The third kappa shape index (κ3) is 5.65. The van der Waals surface area contributed by atoms with Gasteiger partial charge in [0.15, 0.2) is 5.11 Å². The van der Waals surface area contributed by atoms with Crippen LogP contribution in [0.25, 0.3) is 0 Å². The fourth-order valence-electron chi connectivity index (χ4n) is 2.84. The molecule has 152 valence electrons. The number of thiophene rings is 1. The van der Waals surface area contributed by atoms with Crippen LogP contribution in [0.4, 0.5) is 5.00 Å². The Morgan fingerprint density at radius 1 is 1.07 bits per heavy atom. The number of hydrogen-bond acceptors (Lipinski definition) is 5. The van der Waals surface area contributed by atoms with Crippen molar-refractivity contribution in [2.24, 2.45) is 0 Å². The largest absolute Gasteiger partial charge is 0.465 e. The lowest BCUT2D eigenvalue weighted by molar-refractivity contribution is 0.0601. The Labute approximate surface area is 171 Å². The molecule has 0 aliphatic carbocycles. The first kappa shape index (κ1) is 23.4. The van der Waals surface area contributed by atoms with Gasteiger partial charge >= 0.3 is 5.97 Å². The zero-order valence-electron chi connectivity index (χ0n) is 17.2. The Kier molecular flexibility index (Phi) is 9.73. The molecule has 1 N–H and O–H groups in total. The first-order valence-corrected chi connectivity index (χ1v) is 10.6. The number of anilines is 1. The van der Waals surface area contributed by atoms with Gasteiger partial charge in [0.1, 0.15) is 5.00 Å². The van der Waals surface area contributed by atoms with Gasteiger partial charge in [-0.15, -0.1) is 11.3 Å². The highest BCUT2D eigenvalue weighted by molar-refractivity contribution is 7.80. The second-order valence-electron chi connectivity index (χ2n) is 6.15. The summed E-state index contributed by atoms with van der Waals surface area (Å²) in [7, 11) is 1.34. The number of rotatable bonds is 9. The molecule has 1 rings (SSSR count). The van der Waals surface area contributed by atoms with Crippen molar-refractivity contribution < 1.29 is 14.3 Å². The number of nitrogens with zero attached hydrogens (tertiary/aromatic N) is 2. The normalized spacial score (nSPS) is 10.4. The topological polar surface area (TPSA) is 61.9 Å². The summed E-state index contributed by atoms with van der Waals surface area (Å²) in [4.78, 5) is 29.6. The van der Waals surface area contributed by atoms with Crippen molar-refractivity contribution >= 4 is 45.5 Å². The smallest absolute Gasteiger partial charge is 0.341 e. The van der Waals surface area contributed by atoms with Crippen LogP contribution in [0.2, 0.25) is 0 Å². The fraction of sp³-hybridized carbons (Fsp3) is 0.632. The van der Waals surface area contributed by atoms with Crippen LogP contribution in [-0.4, -0.2) is 60.1 Å². The van der Waals surface area contributed by atoms with Gasteiger partial charge in [0.25, 0.3) is 5.91 Å². The van der Waals surface area contributed by atoms with Crippen molar-refractivity contribution in [2.75, 3.05) is 38.6 Å². The Balaban J connectivity index is 3.28. The third-order valence-corrected chi connectivity index (χ3v) is 5.83. The molecule has 0 aromatic carbocycles. The summed E-state index contributed by atoms with van der Waals surface area (Å²) >= 11 is 6.82. The molecule has 0 spiro atoms. The Morgan fingerprint density at radius 3 is 2.07 bits per heavy atom. The van der Waals surface area contributed by atoms with E-state index in [1.165, 1.54) is 18.4 Å². The van der Waals surface area contributed by atoms with Gasteiger partial charge in [0, 0.05) is 26.2 Å². The predicted octanol–water partition coefficient (Wildman–Crippen LogP) is 4.14. The first-order valence-electron chi connectivity index (χ1n) is 9.42. The highest BCUT2D eigenvalue weighted by Crippen LogP contribution is 2.34. The number of methoxy groups -OCH3 is 1. The quantitative estimate of drug-likeness (QED) is 0.485. The van der Waals surface area contributed by atoms with Crippen LogP contribution in [0.1, 0.15) is 66.1 Å². The number of ether oxygens (including phenoxy) is 1. The fourth-order valence-corrected chi connectivity index (χ4v) is 4.35. The van der Waals surface area contributed by atoms with E-state index in [1.807, 2.05) is 13.8 Å². The molecule has 0 atom stereocenters. The second-order valence-corrected chi connectivity index (χ2v) is 7.55. The van der Waals surface area contributed by atoms with Crippen molar-refractivity contribution in [1.82, 2.24) is 9.80 Å². The molecular formula is C19H31N3O3S2. The summed E-state index contributed by atoms with van der Waals surface area (Å²) in [6.07, 6.45) is 1.95. The average Bonchev–Trinajstić information content (AvgIpc) is 2.97. The Hall–Kier alpha value is -1.67. The molecule has 0 bridgehead atoms. The number of esters is 1. The Bertz CT molecular complexity index is 663. The van der Waals surface area contributed by atoms with Gasteiger partial charge in [-0.1, -0.05) is 13.8 Å². The van der Waals surface area contributed by atoms with Crippen LogP contribution in [0.5, 0.6) is 0 Å². The lowest BCUT2D eigenvalue weighted by Gasteiger charge is -2.24. The average molecular weight is 414 g/mol. The van der Waals surface area contributed by atoms with Crippen LogP contribution in [0.3, 0.4) is 0 Å². The third-order valence-electron chi connectivity index (χ3n) is 4.28. The van der Waals surface area contributed by atoms with E-state index in [2.05, 4.69) is 24.1 Å². The van der Waals surface area contributed by atoms with E-state index in [-0.39, 0.29) is 5.91 Å². The molecule has 0 aliphatic heterocycles. The number of hydrogen-bond donors (Lipinski definition) is 1. The summed E-state index contributed by atoms with van der Waals surface area (Å²) in [6, 6.07) is 0. The van der Waals surface area contributed by atoms with Crippen molar-refractivity contribution in [1.29, 1.82) is 0 Å². The van der Waals surface area contributed by atoms with E-state index >= 15 is 0 Å². The molecule has 0 radical (unpaired) electrons. The molecular weight excluding hydrogens is 382 g/mol. The number of amides is 1. The molecule has 0 fully saturated rings. The minimum absolute atomic E-state index is 0.0782. The van der Waals surface area contributed by atoms with Crippen molar-refractivity contribution in [3.05, 3.63) is 16.0 Å². The molecule has 0 saturated heterocycles. The van der Waals surface area contributed by atoms with Gasteiger partial charge in [-0.2, -0.15) is 0 Å². The van der Waals surface area contributed by atoms with Crippen LogP contribution in [0.15, 0.2) is 0 Å². The molecule has 0 aliphatic rings. The SMILES string of the molecule is CCCN(CCC)C(=S)Nc1sc(C(=O)N(CC)CC)c(C)c1C(=O)OC. The summed E-state index contributed by atoms with van der Waals surface area (Å²) in [5.74, 6) is -0.546. The van der Waals surface area contributed by atoms with Gasteiger partial charge in [0.05, 0.1) is 17.6 Å². The predicted molar refractivity (Wildman–Crippen MR) is 116 cm³/mol. The maximum atomic E-state index is 12.8. The molecule has 1 aromatic rings. The molecule has 1 aromatic heterocycles. The Morgan fingerprint density at radius 2 is 1.63 bits per heavy atom. The van der Waals surface area contributed by atoms with Gasteiger partial charge in [-0.25, -0.2) is 4.79 Å². The van der Waals surface area contributed by atoms with Crippen LogP contribution < -0.4 is 5.32 Å². The number of carbonyl (C=O) groups is 2. The summed E-state index contributed by atoms with van der Waals surface area (Å²) in [6.45, 7) is 12.8. The van der Waals surface area contributed by atoms with E-state index in [0.717, 1.165) is 25.9 Å². The number of carbonyl (C=O) groups excluding carboxylic acids is 2.